The zero-order valence-corrected chi connectivity index (χ0v) is 19.1. The first kappa shape index (κ1) is 23.4. The van der Waals surface area contributed by atoms with E-state index in [9.17, 15) is 22.4 Å². The topological polar surface area (TPSA) is 107 Å². The average molecular weight is 478 g/mol. The molecule has 0 radical (unpaired) electrons. The molecule has 11 heteroatoms. The number of rotatable bonds is 6. The fourth-order valence-corrected chi connectivity index (χ4v) is 4.77. The van der Waals surface area contributed by atoms with Crippen LogP contribution in [-0.2, 0) is 21.8 Å². The number of carbonyl (C=O) groups excluding carboxylic acids is 2. The van der Waals surface area contributed by atoms with Gasteiger partial charge < -0.3 is 9.30 Å². The van der Waals surface area contributed by atoms with Crippen molar-refractivity contribution in [2.24, 2.45) is 12.0 Å². The van der Waals surface area contributed by atoms with E-state index in [4.69, 9.17) is 4.74 Å². The van der Waals surface area contributed by atoms with Gasteiger partial charge in [-0.3, -0.25) is 9.52 Å². The molecule has 0 saturated heterocycles. The summed E-state index contributed by atoms with van der Waals surface area (Å²) in [5.74, 6) is -1.65. The highest BCUT2D eigenvalue weighted by Crippen LogP contribution is 2.18. The highest BCUT2D eigenvalue weighted by atomic mass is 32.2. The molecule has 1 heterocycles. The van der Waals surface area contributed by atoms with Gasteiger partial charge in [0.15, 0.2) is 4.80 Å². The number of aromatic nitrogens is 1. The van der Waals surface area contributed by atoms with Gasteiger partial charge in [-0.2, -0.15) is 4.99 Å². The molecule has 2 aromatic carbocycles. The van der Waals surface area contributed by atoms with Crippen molar-refractivity contribution in [1.82, 2.24) is 4.57 Å². The van der Waals surface area contributed by atoms with Gasteiger partial charge in [0.2, 0.25) is 0 Å². The maximum Gasteiger partial charge on any atom is 0.350 e. The summed E-state index contributed by atoms with van der Waals surface area (Å²) < 4.78 is 47.1. The molecule has 3 rings (SSSR count). The van der Waals surface area contributed by atoms with Crippen LogP contribution in [0.5, 0.6) is 0 Å². The second-order valence-electron chi connectivity index (χ2n) is 6.64. The van der Waals surface area contributed by atoms with Crippen molar-refractivity contribution < 1.29 is 27.1 Å². The molecule has 0 saturated carbocycles. The second-order valence-corrected chi connectivity index (χ2v) is 9.30. The molecule has 3 aromatic rings. The van der Waals surface area contributed by atoms with Crippen molar-refractivity contribution in [3.8, 4) is 0 Å². The van der Waals surface area contributed by atoms with E-state index < -0.39 is 27.7 Å². The lowest BCUT2D eigenvalue weighted by Gasteiger charge is -2.08. The van der Waals surface area contributed by atoms with Crippen LogP contribution >= 0.6 is 11.3 Å². The predicted octanol–water partition coefficient (Wildman–Crippen LogP) is 3.25. The van der Waals surface area contributed by atoms with Crippen LogP contribution in [0.25, 0.3) is 0 Å². The molecule has 0 aliphatic rings. The van der Waals surface area contributed by atoms with Gasteiger partial charge in [0, 0.05) is 24.0 Å². The number of nitrogens with one attached hydrogen (secondary N) is 1. The number of anilines is 1. The Morgan fingerprint density at radius 3 is 2.53 bits per heavy atom. The molecular weight excluding hydrogens is 457 g/mol. The van der Waals surface area contributed by atoms with E-state index in [1.165, 1.54) is 24.3 Å². The highest BCUT2D eigenvalue weighted by Gasteiger charge is 2.18. The SMILES string of the molecule is CCOC(=O)c1sc(=NC(=O)c2cccc(NS(=O)(=O)c3ccc(F)cc3)c2)n(C)c1C. The van der Waals surface area contributed by atoms with E-state index in [0.29, 0.717) is 15.4 Å². The standard InChI is InChI=1S/C21H20FN3O5S2/c1-4-30-20(27)18-13(2)25(3)21(31-18)23-19(26)14-6-5-7-16(12-14)24-32(28,29)17-10-8-15(22)9-11-17/h5-12,24H,4H2,1-3H3. The quantitative estimate of drug-likeness (QED) is 0.549. The van der Waals surface area contributed by atoms with Crippen molar-refractivity contribution in [3.05, 3.63) is 75.3 Å². The number of thiazole rings is 1. The largest absolute Gasteiger partial charge is 0.462 e. The number of hydrogen-bond acceptors (Lipinski definition) is 6. The molecular formula is C21H20FN3O5S2. The van der Waals surface area contributed by atoms with Gasteiger partial charge >= 0.3 is 5.97 Å². The summed E-state index contributed by atoms with van der Waals surface area (Å²) in [5.41, 5.74) is 0.906. The Labute approximate surface area is 188 Å². The normalized spacial score (nSPS) is 11.9. The Kier molecular flexibility index (Phi) is 6.90. The van der Waals surface area contributed by atoms with Gasteiger partial charge in [-0.15, -0.1) is 0 Å². The van der Waals surface area contributed by atoms with E-state index >= 15 is 0 Å². The summed E-state index contributed by atoms with van der Waals surface area (Å²) in [6, 6.07) is 10.2. The molecule has 0 aliphatic carbocycles. The van der Waals surface area contributed by atoms with Crippen LogP contribution in [0.4, 0.5) is 10.1 Å². The van der Waals surface area contributed by atoms with Crippen LogP contribution in [-0.4, -0.2) is 31.5 Å². The van der Waals surface area contributed by atoms with E-state index in [0.717, 1.165) is 35.6 Å². The van der Waals surface area contributed by atoms with E-state index in [1.807, 2.05) is 0 Å². The first-order chi connectivity index (χ1) is 15.1. The van der Waals surface area contributed by atoms with Crippen molar-refractivity contribution in [1.29, 1.82) is 0 Å². The number of hydrogen-bond donors (Lipinski definition) is 1. The Morgan fingerprint density at radius 1 is 1.19 bits per heavy atom. The summed E-state index contributed by atoms with van der Waals surface area (Å²) in [7, 11) is -2.29. The first-order valence-corrected chi connectivity index (χ1v) is 11.7. The van der Waals surface area contributed by atoms with Crippen molar-refractivity contribution in [2.45, 2.75) is 18.7 Å². The molecule has 1 amide bonds. The number of amides is 1. The van der Waals surface area contributed by atoms with Crippen LogP contribution in [0.3, 0.4) is 0 Å². The fourth-order valence-electron chi connectivity index (χ4n) is 2.71. The molecule has 0 unspecified atom stereocenters. The zero-order valence-electron chi connectivity index (χ0n) is 17.5. The second kappa shape index (κ2) is 9.45. The molecule has 0 spiro atoms. The lowest BCUT2D eigenvalue weighted by molar-refractivity contribution is 0.0530. The minimum Gasteiger partial charge on any atom is -0.462 e. The lowest BCUT2D eigenvalue weighted by atomic mass is 10.2. The molecule has 0 aliphatic heterocycles. The van der Waals surface area contributed by atoms with Gasteiger partial charge in [0.1, 0.15) is 10.7 Å². The molecule has 32 heavy (non-hydrogen) atoms. The van der Waals surface area contributed by atoms with Gasteiger partial charge in [-0.05, 0) is 56.3 Å². The molecule has 8 nitrogen and oxygen atoms in total. The van der Waals surface area contributed by atoms with Crippen LogP contribution in [0, 0.1) is 12.7 Å². The predicted molar refractivity (Wildman–Crippen MR) is 118 cm³/mol. The maximum absolute atomic E-state index is 13.1. The first-order valence-electron chi connectivity index (χ1n) is 9.43. The van der Waals surface area contributed by atoms with Crippen molar-refractivity contribution >= 4 is 38.9 Å². The average Bonchev–Trinajstić information content (AvgIpc) is 3.02. The van der Waals surface area contributed by atoms with Gasteiger partial charge in [-0.1, -0.05) is 17.4 Å². The van der Waals surface area contributed by atoms with Crippen LogP contribution < -0.4 is 9.52 Å². The zero-order chi connectivity index (χ0) is 23.5. The minimum absolute atomic E-state index is 0.118. The molecule has 1 N–H and O–H groups in total. The van der Waals surface area contributed by atoms with Gasteiger partial charge in [0.05, 0.1) is 11.5 Å². The maximum atomic E-state index is 13.1. The van der Waals surface area contributed by atoms with E-state index in [1.54, 1.807) is 25.5 Å². The number of benzene rings is 2. The third-order valence-corrected chi connectivity index (χ3v) is 7.07. The monoisotopic (exact) mass is 477 g/mol. The summed E-state index contributed by atoms with van der Waals surface area (Å²) in [4.78, 5) is 29.4. The number of esters is 1. The van der Waals surface area contributed by atoms with Crippen LogP contribution in [0.1, 0.15) is 32.6 Å². The third-order valence-electron chi connectivity index (χ3n) is 4.46. The van der Waals surface area contributed by atoms with Gasteiger partial charge in [0.25, 0.3) is 15.9 Å². The number of nitrogens with zero attached hydrogens (tertiary/aromatic N) is 2. The molecule has 1 aromatic heterocycles. The molecule has 0 fully saturated rings. The van der Waals surface area contributed by atoms with Crippen molar-refractivity contribution in [3.63, 3.8) is 0 Å². The number of sulfonamides is 1. The highest BCUT2D eigenvalue weighted by molar-refractivity contribution is 7.92. The molecule has 0 atom stereocenters. The Morgan fingerprint density at radius 2 is 1.88 bits per heavy atom. The summed E-state index contributed by atoms with van der Waals surface area (Å²) in [5, 5.41) is 0. The summed E-state index contributed by atoms with van der Waals surface area (Å²) in [6.45, 7) is 3.65. The van der Waals surface area contributed by atoms with Crippen molar-refractivity contribution in [2.75, 3.05) is 11.3 Å². The summed E-state index contributed by atoms with van der Waals surface area (Å²) in [6.07, 6.45) is 0. The Hall–Kier alpha value is -3.31. The van der Waals surface area contributed by atoms with Gasteiger partial charge in [-0.25, -0.2) is 17.6 Å². The number of ether oxygens (including phenoxy) is 1. The number of carbonyl (C=O) groups is 2. The van der Waals surface area contributed by atoms with Crippen LogP contribution in [0.2, 0.25) is 0 Å². The Balaban J connectivity index is 1.88. The number of halogens is 1. The lowest BCUT2D eigenvalue weighted by Crippen LogP contribution is -2.15. The summed E-state index contributed by atoms with van der Waals surface area (Å²) >= 11 is 1.03. The molecule has 0 bridgehead atoms. The van der Waals surface area contributed by atoms with E-state index in [2.05, 4.69) is 9.71 Å². The third kappa shape index (κ3) is 5.11. The molecule has 168 valence electrons. The fraction of sp³-hybridized carbons (Fsp3) is 0.190. The van der Waals surface area contributed by atoms with E-state index in [-0.39, 0.29) is 22.8 Å². The Bertz CT molecular complexity index is 1340. The minimum atomic E-state index is -3.97. The van der Waals surface area contributed by atoms with Crippen LogP contribution in [0.15, 0.2) is 58.4 Å². The smallest absolute Gasteiger partial charge is 0.350 e.